The van der Waals surface area contributed by atoms with E-state index in [4.69, 9.17) is 5.73 Å². The molecule has 0 aliphatic carbocycles. The van der Waals surface area contributed by atoms with Crippen LogP contribution in [-0.2, 0) is 0 Å². The van der Waals surface area contributed by atoms with Crippen molar-refractivity contribution in [2.45, 2.75) is 104 Å². The molecule has 0 fully saturated rings. The third kappa shape index (κ3) is 13.6. The highest BCUT2D eigenvalue weighted by atomic mass is 79.9. The summed E-state index contributed by atoms with van der Waals surface area (Å²) in [4.78, 5) is 0. The minimum absolute atomic E-state index is 0. The van der Waals surface area contributed by atoms with Gasteiger partial charge < -0.3 is 5.73 Å². The first-order valence-corrected chi connectivity index (χ1v) is 8.92. The van der Waals surface area contributed by atoms with Crippen LogP contribution >= 0.6 is 17.0 Å². The third-order valence-corrected chi connectivity index (χ3v) is 4.58. The van der Waals surface area contributed by atoms with Crippen molar-refractivity contribution < 1.29 is 0 Å². The standard InChI is InChI=1S/C19H39N.BrH/c1-5-7-8-9-10-11-12-13-14-15-16-17-19(3,4)18(20)6-2;/h6,18H,2,5,7-17,20H2,1,3-4H3;1H. The van der Waals surface area contributed by atoms with Gasteiger partial charge in [0.25, 0.3) is 0 Å². The van der Waals surface area contributed by atoms with Crippen molar-refractivity contribution >= 4 is 17.0 Å². The van der Waals surface area contributed by atoms with E-state index >= 15 is 0 Å². The largest absolute Gasteiger partial charge is 0.324 e. The summed E-state index contributed by atoms with van der Waals surface area (Å²) in [5.74, 6) is 0. The minimum Gasteiger partial charge on any atom is -0.324 e. The Balaban J connectivity index is 0. The molecular formula is C19H40BrN. The average Bonchev–Trinajstić information content (AvgIpc) is 2.43. The van der Waals surface area contributed by atoms with E-state index in [-0.39, 0.29) is 28.4 Å². The molecule has 2 heteroatoms. The van der Waals surface area contributed by atoms with Crippen LogP contribution in [0.3, 0.4) is 0 Å². The molecule has 0 saturated heterocycles. The first kappa shape index (κ1) is 23.4. The second-order valence-electron chi connectivity index (χ2n) is 7.04. The molecule has 21 heavy (non-hydrogen) atoms. The number of hydrogen-bond acceptors (Lipinski definition) is 1. The fraction of sp³-hybridized carbons (Fsp3) is 0.895. The predicted octanol–water partition coefficient (Wildman–Crippen LogP) is 6.80. The fourth-order valence-corrected chi connectivity index (χ4v) is 2.73. The van der Waals surface area contributed by atoms with Gasteiger partial charge in [-0.1, -0.05) is 97.5 Å². The summed E-state index contributed by atoms with van der Waals surface area (Å²) in [6.45, 7) is 10.6. The molecule has 0 radical (unpaired) electrons. The van der Waals surface area contributed by atoms with Crippen LogP contribution in [0.4, 0.5) is 0 Å². The van der Waals surface area contributed by atoms with Crippen LogP contribution in [0.25, 0.3) is 0 Å². The summed E-state index contributed by atoms with van der Waals surface area (Å²) in [7, 11) is 0. The van der Waals surface area contributed by atoms with Gasteiger partial charge in [-0.05, 0) is 11.8 Å². The van der Waals surface area contributed by atoms with Crippen LogP contribution in [0.5, 0.6) is 0 Å². The Kier molecular flexibility index (Phi) is 16.8. The third-order valence-electron chi connectivity index (χ3n) is 4.58. The molecule has 0 aliphatic heterocycles. The second kappa shape index (κ2) is 15.1. The molecule has 0 heterocycles. The Morgan fingerprint density at radius 1 is 0.857 bits per heavy atom. The van der Waals surface area contributed by atoms with Crippen LogP contribution in [0.2, 0.25) is 0 Å². The molecule has 0 aromatic rings. The number of nitrogens with two attached hydrogens (primary N) is 1. The molecule has 2 N–H and O–H groups in total. The highest BCUT2D eigenvalue weighted by molar-refractivity contribution is 8.93. The maximum Gasteiger partial charge on any atom is 0.0273 e. The molecule has 0 aliphatic rings. The van der Waals surface area contributed by atoms with Gasteiger partial charge in [-0.2, -0.15) is 0 Å². The number of unbranched alkanes of at least 4 members (excludes halogenated alkanes) is 10. The predicted molar refractivity (Wildman–Crippen MR) is 103 cm³/mol. The van der Waals surface area contributed by atoms with Gasteiger partial charge in [0.2, 0.25) is 0 Å². The van der Waals surface area contributed by atoms with E-state index in [1.807, 2.05) is 6.08 Å². The molecule has 0 spiro atoms. The lowest BCUT2D eigenvalue weighted by molar-refractivity contribution is 0.285. The molecular weight excluding hydrogens is 322 g/mol. The topological polar surface area (TPSA) is 26.0 Å². The van der Waals surface area contributed by atoms with Gasteiger partial charge in [0.1, 0.15) is 0 Å². The summed E-state index contributed by atoms with van der Waals surface area (Å²) in [6, 6.07) is 0.130. The van der Waals surface area contributed by atoms with Gasteiger partial charge in [0, 0.05) is 6.04 Å². The lowest BCUT2D eigenvalue weighted by atomic mass is 9.80. The fourth-order valence-electron chi connectivity index (χ4n) is 2.73. The molecule has 0 saturated carbocycles. The summed E-state index contributed by atoms with van der Waals surface area (Å²) in [5.41, 5.74) is 6.27. The molecule has 1 atom stereocenters. The molecule has 0 bridgehead atoms. The highest BCUT2D eigenvalue weighted by Gasteiger charge is 2.23. The van der Waals surface area contributed by atoms with E-state index in [1.165, 1.54) is 77.0 Å². The summed E-state index contributed by atoms with van der Waals surface area (Å²) in [6.07, 6.45) is 18.6. The normalized spacial score (nSPS) is 12.8. The van der Waals surface area contributed by atoms with Crippen LogP contribution in [0, 0.1) is 5.41 Å². The van der Waals surface area contributed by atoms with Gasteiger partial charge >= 0.3 is 0 Å². The Hall–Kier alpha value is 0.180. The number of halogens is 1. The Bertz CT molecular complexity index is 226. The zero-order valence-corrected chi connectivity index (χ0v) is 16.5. The lowest BCUT2D eigenvalue weighted by Gasteiger charge is -2.29. The maximum atomic E-state index is 6.06. The average molecular weight is 362 g/mol. The van der Waals surface area contributed by atoms with Crippen molar-refractivity contribution in [1.29, 1.82) is 0 Å². The monoisotopic (exact) mass is 361 g/mol. The minimum atomic E-state index is 0. The van der Waals surface area contributed by atoms with Crippen LogP contribution in [-0.4, -0.2) is 6.04 Å². The molecule has 128 valence electrons. The van der Waals surface area contributed by atoms with Crippen molar-refractivity contribution in [1.82, 2.24) is 0 Å². The van der Waals surface area contributed by atoms with Gasteiger partial charge in [-0.15, -0.1) is 23.6 Å². The van der Waals surface area contributed by atoms with Crippen molar-refractivity contribution in [2.24, 2.45) is 11.1 Å². The van der Waals surface area contributed by atoms with Crippen molar-refractivity contribution in [2.75, 3.05) is 0 Å². The molecule has 0 amide bonds. The Morgan fingerprint density at radius 2 is 1.24 bits per heavy atom. The van der Waals surface area contributed by atoms with Crippen molar-refractivity contribution in [3.8, 4) is 0 Å². The maximum absolute atomic E-state index is 6.06. The summed E-state index contributed by atoms with van der Waals surface area (Å²) < 4.78 is 0. The second-order valence-corrected chi connectivity index (χ2v) is 7.04. The van der Waals surface area contributed by atoms with E-state index in [1.54, 1.807) is 0 Å². The zero-order chi connectivity index (χ0) is 15.3. The molecule has 1 unspecified atom stereocenters. The summed E-state index contributed by atoms with van der Waals surface area (Å²) >= 11 is 0. The first-order valence-electron chi connectivity index (χ1n) is 8.92. The lowest BCUT2D eigenvalue weighted by Crippen LogP contribution is -2.35. The molecule has 0 rings (SSSR count). The van der Waals surface area contributed by atoms with E-state index in [0.29, 0.717) is 0 Å². The van der Waals surface area contributed by atoms with Gasteiger partial charge in [0.15, 0.2) is 0 Å². The number of hydrogen-bond donors (Lipinski definition) is 1. The van der Waals surface area contributed by atoms with Crippen molar-refractivity contribution in [3.63, 3.8) is 0 Å². The number of rotatable bonds is 14. The van der Waals surface area contributed by atoms with E-state index in [9.17, 15) is 0 Å². The van der Waals surface area contributed by atoms with Gasteiger partial charge in [-0.3, -0.25) is 0 Å². The molecule has 0 aromatic heterocycles. The first-order chi connectivity index (χ1) is 9.54. The quantitative estimate of drug-likeness (QED) is 0.267. The molecule has 0 aromatic carbocycles. The Labute approximate surface area is 144 Å². The van der Waals surface area contributed by atoms with Gasteiger partial charge in [0.05, 0.1) is 0 Å². The molecule has 1 nitrogen and oxygen atoms in total. The zero-order valence-electron chi connectivity index (χ0n) is 14.8. The highest BCUT2D eigenvalue weighted by Crippen LogP contribution is 2.27. The van der Waals surface area contributed by atoms with Gasteiger partial charge in [-0.25, -0.2) is 0 Å². The van der Waals surface area contributed by atoms with Crippen LogP contribution < -0.4 is 5.73 Å². The van der Waals surface area contributed by atoms with E-state index in [0.717, 1.165) is 0 Å². The van der Waals surface area contributed by atoms with E-state index < -0.39 is 0 Å². The van der Waals surface area contributed by atoms with E-state index in [2.05, 4.69) is 27.4 Å². The summed E-state index contributed by atoms with van der Waals surface area (Å²) in [5, 5.41) is 0. The Morgan fingerprint density at radius 3 is 1.62 bits per heavy atom. The SMILES string of the molecule is Br.C=CC(N)C(C)(C)CCCCCCCCCCCCC. The van der Waals surface area contributed by atoms with Crippen molar-refractivity contribution in [3.05, 3.63) is 12.7 Å². The smallest absolute Gasteiger partial charge is 0.0273 e. The van der Waals surface area contributed by atoms with Crippen LogP contribution in [0.15, 0.2) is 12.7 Å². The van der Waals surface area contributed by atoms with Crippen LogP contribution in [0.1, 0.15) is 97.8 Å².